The van der Waals surface area contributed by atoms with E-state index < -0.39 is 0 Å². The largest absolute Gasteiger partial charge is 0.157 e. The molecule has 0 heterocycles. The first-order valence-corrected chi connectivity index (χ1v) is 6.18. The Labute approximate surface area is 89.7 Å². The molecule has 0 radical (unpaired) electrons. The fourth-order valence-electron chi connectivity index (χ4n) is 1.02. The average molecular weight is 215 g/mol. The summed E-state index contributed by atoms with van der Waals surface area (Å²) in [5.74, 6) is 2.37. The number of halogens is 1. The molecule has 0 atom stereocenters. The van der Waals surface area contributed by atoms with Gasteiger partial charge in [0.05, 0.1) is 0 Å². The Hall–Kier alpha value is -0.140. The molecule has 0 aromatic heterocycles. The van der Waals surface area contributed by atoms with Gasteiger partial charge in [-0.15, -0.1) is 0 Å². The Morgan fingerprint density at radius 3 is 2.54 bits per heavy atom. The van der Waals surface area contributed by atoms with Crippen LogP contribution in [0.2, 0.25) is 5.02 Å². The zero-order valence-corrected chi connectivity index (χ0v) is 9.50. The molecule has 2 heteroatoms. The molecule has 0 unspecified atom stereocenters. The second kappa shape index (κ2) is 6.33. The van der Waals surface area contributed by atoms with E-state index in [0.717, 1.165) is 10.8 Å². The van der Waals surface area contributed by atoms with Crippen LogP contribution in [0, 0.1) is 0 Å². The molecule has 0 nitrogen and oxygen atoms in total. The van der Waals surface area contributed by atoms with Crippen LogP contribution in [-0.4, -0.2) is 5.75 Å². The maximum Gasteiger partial charge on any atom is 0.0406 e. The zero-order valence-electron chi connectivity index (χ0n) is 7.92. The monoisotopic (exact) mass is 214 g/mol. The Morgan fingerprint density at radius 2 is 1.92 bits per heavy atom. The standard InChI is InChI=1S/C11H15ClS/c1-2-3-8-13-9-10-4-6-11(12)7-5-10/h4-7H,2-3,8-9H2,1H3. The predicted molar refractivity (Wildman–Crippen MR) is 62.5 cm³/mol. The van der Waals surface area contributed by atoms with Crippen LogP contribution in [0.5, 0.6) is 0 Å². The van der Waals surface area contributed by atoms with Crippen molar-refractivity contribution >= 4 is 23.4 Å². The molecular formula is C11H15ClS. The van der Waals surface area contributed by atoms with Gasteiger partial charge in [0.15, 0.2) is 0 Å². The molecule has 0 aliphatic carbocycles. The molecule has 0 spiro atoms. The Bertz CT molecular complexity index is 230. The first kappa shape index (κ1) is 10.9. The van der Waals surface area contributed by atoms with Gasteiger partial charge in [-0.2, -0.15) is 11.8 Å². The lowest BCUT2D eigenvalue weighted by Crippen LogP contribution is -1.82. The van der Waals surface area contributed by atoms with Gasteiger partial charge in [-0.3, -0.25) is 0 Å². The third-order valence-electron chi connectivity index (χ3n) is 1.82. The molecule has 0 N–H and O–H groups in total. The van der Waals surface area contributed by atoms with E-state index in [9.17, 15) is 0 Å². The Balaban J connectivity index is 2.25. The van der Waals surface area contributed by atoms with Crippen LogP contribution in [-0.2, 0) is 5.75 Å². The SMILES string of the molecule is CCCCSCc1ccc(Cl)cc1. The van der Waals surface area contributed by atoms with E-state index in [-0.39, 0.29) is 0 Å². The highest BCUT2D eigenvalue weighted by atomic mass is 35.5. The molecule has 0 fully saturated rings. The van der Waals surface area contributed by atoms with Gasteiger partial charge in [-0.25, -0.2) is 0 Å². The lowest BCUT2D eigenvalue weighted by Gasteiger charge is -2.00. The second-order valence-electron chi connectivity index (χ2n) is 3.03. The highest BCUT2D eigenvalue weighted by Crippen LogP contribution is 2.16. The highest BCUT2D eigenvalue weighted by Gasteiger charge is 1.93. The molecule has 72 valence electrons. The van der Waals surface area contributed by atoms with E-state index in [1.165, 1.54) is 24.2 Å². The summed E-state index contributed by atoms with van der Waals surface area (Å²) >= 11 is 7.78. The Morgan fingerprint density at radius 1 is 1.23 bits per heavy atom. The summed E-state index contributed by atoms with van der Waals surface area (Å²) in [6.07, 6.45) is 2.60. The van der Waals surface area contributed by atoms with E-state index in [1.54, 1.807) is 0 Å². The second-order valence-corrected chi connectivity index (χ2v) is 4.57. The molecule has 0 saturated heterocycles. The summed E-state index contributed by atoms with van der Waals surface area (Å²) in [5.41, 5.74) is 1.37. The summed E-state index contributed by atoms with van der Waals surface area (Å²) in [7, 11) is 0. The van der Waals surface area contributed by atoms with Gasteiger partial charge in [-0.1, -0.05) is 37.1 Å². The van der Waals surface area contributed by atoms with E-state index in [1.807, 2.05) is 23.9 Å². The van der Waals surface area contributed by atoms with Crippen molar-refractivity contribution in [1.29, 1.82) is 0 Å². The average Bonchev–Trinajstić information content (AvgIpc) is 2.15. The van der Waals surface area contributed by atoms with Gasteiger partial charge in [0.2, 0.25) is 0 Å². The molecule has 13 heavy (non-hydrogen) atoms. The number of hydrogen-bond donors (Lipinski definition) is 0. The Kier molecular flexibility index (Phi) is 5.33. The summed E-state index contributed by atoms with van der Waals surface area (Å²) < 4.78 is 0. The fourth-order valence-corrected chi connectivity index (χ4v) is 2.21. The number of thioether (sulfide) groups is 1. The quantitative estimate of drug-likeness (QED) is 0.656. The van der Waals surface area contributed by atoms with Gasteiger partial charge in [0.25, 0.3) is 0 Å². The summed E-state index contributed by atoms with van der Waals surface area (Å²) in [5, 5.41) is 0.822. The number of benzene rings is 1. The molecule has 1 aromatic carbocycles. The minimum Gasteiger partial charge on any atom is -0.157 e. The molecule has 0 aliphatic rings. The molecule has 1 rings (SSSR count). The van der Waals surface area contributed by atoms with E-state index in [4.69, 9.17) is 11.6 Å². The predicted octanol–water partition coefficient (Wildman–Crippen LogP) is 4.37. The van der Waals surface area contributed by atoms with Crippen LogP contribution >= 0.6 is 23.4 Å². The highest BCUT2D eigenvalue weighted by molar-refractivity contribution is 7.98. The van der Waals surface area contributed by atoms with Crippen LogP contribution in [0.25, 0.3) is 0 Å². The zero-order chi connectivity index (χ0) is 9.52. The molecular weight excluding hydrogens is 200 g/mol. The van der Waals surface area contributed by atoms with Crippen LogP contribution in [0.1, 0.15) is 25.3 Å². The van der Waals surface area contributed by atoms with Gasteiger partial charge in [0.1, 0.15) is 0 Å². The van der Waals surface area contributed by atoms with Crippen molar-refractivity contribution in [3.8, 4) is 0 Å². The van der Waals surface area contributed by atoms with Gasteiger partial charge in [-0.05, 0) is 29.9 Å². The molecule has 0 amide bonds. The van der Waals surface area contributed by atoms with Crippen molar-refractivity contribution < 1.29 is 0 Å². The topological polar surface area (TPSA) is 0 Å². The van der Waals surface area contributed by atoms with Crippen molar-refractivity contribution in [3.63, 3.8) is 0 Å². The summed E-state index contributed by atoms with van der Waals surface area (Å²) in [6.45, 7) is 2.23. The molecule has 0 saturated carbocycles. The van der Waals surface area contributed by atoms with Gasteiger partial charge < -0.3 is 0 Å². The number of unbranched alkanes of at least 4 members (excludes halogenated alkanes) is 1. The van der Waals surface area contributed by atoms with Crippen molar-refractivity contribution in [2.45, 2.75) is 25.5 Å². The van der Waals surface area contributed by atoms with Crippen LogP contribution < -0.4 is 0 Å². The summed E-state index contributed by atoms with van der Waals surface area (Å²) in [4.78, 5) is 0. The van der Waals surface area contributed by atoms with E-state index >= 15 is 0 Å². The van der Waals surface area contributed by atoms with E-state index in [2.05, 4.69) is 19.1 Å². The van der Waals surface area contributed by atoms with Crippen LogP contribution in [0.4, 0.5) is 0 Å². The van der Waals surface area contributed by atoms with E-state index in [0.29, 0.717) is 0 Å². The van der Waals surface area contributed by atoms with Gasteiger partial charge >= 0.3 is 0 Å². The third kappa shape index (κ3) is 4.58. The molecule has 1 aromatic rings. The van der Waals surface area contributed by atoms with Crippen molar-refractivity contribution in [2.24, 2.45) is 0 Å². The summed E-state index contributed by atoms with van der Waals surface area (Å²) in [6, 6.07) is 8.11. The first-order chi connectivity index (χ1) is 6.33. The van der Waals surface area contributed by atoms with Crippen molar-refractivity contribution in [2.75, 3.05) is 5.75 Å². The minimum atomic E-state index is 0.822. The van der Waals surface area contributed by atoms with Crippen molar-refractivity contribution in [1.82, 2.24) is 0 Å². The lowest BCUT2D eigenvalue weighted by atomic mass is 10.2. The molecule has 0 bridgehead atoms. The molecule has 0 aliphatic heterocycles. The maximum atomic E-state index is 5.79. The first-order valence-electron chi connectivity index (χ1n) is 4.65. The number of rotatable bonds is 5. The number of hydrogen-bond acceptors (Lipinski definition) is 1. The fraction of sp³-hybridized carbons (Fsp3) is 0.455. The smallest absolute Gasteiger partial charge is 0.0406 e. The van der Waals surface area contributed by atoms with Gasteiger partial charge in [0, 0.05) is 10.8 Å². The van der Waals surface area contributed by atoms with Crippen LogP contribution in [0.15, 0.2) is 24.3 Å². The lowest BCUT2D eigenvalue weighted by molar-refractivity contribution is 0.896. The van der Waals surface area contributed by atoms with Crippen molar-refractivity contribution in [3.05, 3.63) is 34.9 Å². The maximum absolute atomic E-state index is 5.79. The third-order valence-corrected chi connectivity index (χ3v) is 3.19. The normalized spacial score (nSPS) is 10.3. The minimum absolute atomic E-state index is 0.822. The van der Waals surface area contributed by atoms with Crippen LogP contribution in [0.3, 0.4) is 0 Å².